The van der Waals surface area contributed by atoms with Gasteiger partial charge in [-0.25, -0.2) is 13.5 Å². The quantitative estimate of drug-likeness (QED) is 0.228. The predicted octanol–water partition coefficient (Wildman–Crippen LogP) is 2.95. The zero-order chi connectivity index (χ0) is 23.6. The van der Waals surface area contributed by atoms with E-state index < -0.39 is 21.6 Å². The maximum absolute atomic E-state index is 13.0. The van der Waals surface area contributed by atoms with Crippen LogP contribution in [0.2, 0.25) is 0 Å². The van der Waals surface area contributed by atoms with E-state index in [1.165, 1.54) is 12.1 Å². The number of aryl methyl sites for hydroxylation is 1. The molecule has 172 valence electrons. The minimum Gasteiger partial charge on any atom is -0.481 e. The lowest BCUT2D eigenvalue weighted by Gasteiger charge is -2.23. The molecule has 0 radical (unpaired) electrons. The third-order valence-corrected chi connectivity index (χ3v) is 6.66. The van der Waals surface area contributed by atoms with Gasteiger partial charge in [0.2, 0.25) is 6.41 Å². The molecule has 0 bridgehead atoms. The smallest absolute Gasteiger partial charge is 0.233 e. The van der Waals surface area contributed by atoms with E-state index in [9.17, 15) is 18.4 Å². The van der Waals surface area contributed by atoms with Crippen molar-refractivity contribution in [3.63, 3.8) is 0 Å². The van der Waals surface area contributed by atoms with Crippen molar-refractivity contribution in [2.24, 2.45) is 0 Å². The second-order valence-electron chi connectivity index (χ2n) is 7.62. The van der Waals surface area contributed by atoms with Gasteiger partial charge in [0.1, 0.15) is 12.4 Å². The minimum atomic E-state index is -3.79. The summed E-state index contributed by atoms with van der Waals surface area (Å²) in [5.41, 5.74) is 1.65. The second-order valence-corrected chi connectivity index (χ2v) is 9.65. The maximum Gasteiger partial charge on any atom is 0.233 e. The van der Waals surface area contributed by atoms with Gasteiger partial charge < -0.3 is 9.64 Å². The molecular formula is C24H30N2O5S. The largest absolute Gasteiger partial charge is 0.481 e. The van der Waals surface area contributed by atoms with Gasteiger partial charge in [-0.05, 0) is 75.8 Å². The highest BCUT2D eigenvalue weighted by Crippen LogP contribution is 2.25. The topological polar surface area (TPSA) is 87.2 Å². The molecule has 0 aliphatic heterocycles. The number of benzene rings is 2. The van der Waals surface area contributed by atoms with Gasteiger partial charge in [-0.15, -0.1) is 5.92 Å². The number of hydrogen-bond donors (Lipinski definition) is 1. The molecular weight excluding hydrogens is 428 g/mol. The molecule has 0 heterocycles. The van der Waals surface area contributed by atoms with Crippen LogP contribution in [0.3, 0.4) is 0 Å². The first-order valence-electron chi connectivity index (χ1n) is 10.3. The summed E-state index contributed by atoms with van der Waals surface area (Å²) in [6.07, 6.45) is 2.10. The number of sulfone groups is 1. The van der Waals surface area contributed by atoms with E-state index in [2.05, 4.69) is 16.7 Å². The van der Waals surface area contributed by atoms with E-state index in [1.807, 2.05) is 26.2 Å². The summed E-state index contributed by atoms with van der Waals surface area (Å²) in [7, 11) is 0.250. The molecule has 1 N–H and O–H groups in total. The average molecular weight is 459 g/mol. The van der Waals surface area contributed by atoms with Crippen LogP contribution in [0.4, 0.5) is 0 Å². The third kappa shape index (κ3) is 7.68. The molecule has 0 aliphatic carbocycles. The summed E-state index contributed by atoms with van der Waals surface area (Å²) in [6.45, 7) is 2.89. The Balaban J connectivity index is 2.15. The molecule has 2 aromatic rings. The molecule has 0 aromatic heterocycles. The number of amides is 1. The van der Waals surface area contributed by atoms with Crippen molar-refractivity contribution in [3.8, 4) is 17.6 Å². The lowest BCUT2D eigenvalue weighted by molar-refractivity contribution is -0.158. The Morgan fingerprint density at radius 2 is 1.75 bits per heavy atom. The van der Waals surface area contributed by atoms with E-state index in [0.29, 0.717) is 16.4 Å². The van der Waals surface area contributed by atoms with E-state index in [-0.39, 0.29) is 17.9 Å². The van der Waals surface area contributed by atoms with Crippen LogP contribution < -0.4 is 4.74 Å². The van der Waals surface area contributed by atoms with Gasteiger partial charge in [-0.2, -0.15) is 0 Å². The lowest BCUT2D eigenvalue weighted by atomic mass is 10.0. The molecule has 0 saturated carbocycles. The van der Waals surface area contributed by atoms with E-state index in [0.717, 1.165) is 24.9 Å². The van der Waals surface area contributed by atoms with E-state index >= 15 is 0 Å². The van der Waals surface area contributed by atoms with Crippen LogP contribution >= 0.6 is 0 Å². The van der Waals surface area contributed by atoms with Crippen molar-refractivity contribution in [1.29, 1.82) is 0 Å². The molecule has 1 atom stereocenters. The van der Waals surface area contributed by atoms with Crippen LogP contribution in [-0.4, -0.2) is 63.0 Å². The Hall–Kier alpha value is -2.86. The van der Waals surface area contributed by atoms with Gasteiger partial charge >= 0.3 is 0 Å². The van der Waals surface area contributed by atoms with E-state index in [4.69, 9.17) is 4.74 Å². The third-order valence-electron chi connectivity index (χ3n) is 4.91. The molecule has 0 spiro atoms. The maximum atomic E-state index is 13.0. The first-order valence-corrected chi connectivity index (χ1v) is 11.9. The first-order chi connectivity index (χ1) is 15.3. The van der Waals surface area contributed by atoms with Crippen LogP contribution in [0.1, 0.15) is 30.5 Å². The van der Waals surface area contributed by atoms with Crippen molar-refractivity contribution in [1.82, 2.24) is 9.96 Å². The SMILES string of the molecule is CC#CCOc1ccc(S(=O)(=O)CC(c2ccc(CCCN(C)C)cc2)N(O)C=O)cc1. The number of rotatable bonds is 12. The van der Waals surface area contributed by atoms with Crippen LogP contribution in [0.15, 0.2) is 53.4 Å². The number of carbonyl (C=O) groups excluding carboxylic acids is 1. The Bertz CT molecular complexity index is 1020. The zero-order valence-electron chi connectivity index (χ0n) is 18.7. The number of hydroxylamine groups is 2. The van der Waals surface area contributed by atoms with Crippen molar-refractivity contribution in [2.45, 2.75) is 30.7 Å². The second kappa shape index (κ2) is 12.2. The summed E-state index contributed by atoms with van der Waals surface area (Å²) in [5.74, 6) is 5.53. The molecule has 7 nitrogen and oxygen atoms in total. The van der Waals surface area contributed by atoms with Crippen molar-refractivity contribution in [2.75, 3.05) is 33.0 Å². The van der Waals surface area contributed by atoms with Crippen LogP contribution in [0.25, 0.3) is 0 Å². The van der Waals surface area contributed by atoms with Crippen LogP contribution in [0, 0.1) is 11.8 Å². The van der Waals surface area contributed by atoms with Gasteiger partial charge in [0, 0.05) is 0 Å². The molecule has 1 amide bonds. The Morgan fingerprint density at radius 3 is 2.31 bits per heavy atom. The highest BCUT2D eigenvalue weighted by atomic mass is 32.2. The molecule has 0 fully saturated rings. The molecule has 2 aromatic carbocycles. The van der Waals surface area contributed by atoms with Crippen molar-refractivity contribution in [3.05, 3.63) is 59.7 Å². The number of nitrogens with zero attached hydrogens (tertiary/aromatic N) is 2. The molecule has 8 heteroatoms. The summed E-state index contributed by atoms with van der Waals surface area (Å²) >= 11 is 0. The summed E-state index contributed by atoms with van der Waals surface area (Å²) in [5, 5.41) is 10.5. The fourth-order valence-corrected chi connectivity index (χ4v) is 4.65. The highest BCUT2D eigenvalue weighted by molar-refractivity contribution is 7.91. The average Bonchev–Trinajstić information content (AvgIpc) is 2.78. The number of carbonyl (C=O) groups is 1. The highest BCUT2D eigenvalue weighted by Gasteiger charge is 2.27. The monoisotopic (exact) mass is 458 g/mol. The molecule has 0 saturated heterocycles. The molecule has 32 heavy (non-hydrogen) atoms. The van der Waals surface area contributed by atoms with E-state index in [1.54, 1.807) is 31.2 Å². The standard InChI is InChI=1S/C24H30N2O5S/c1-4-5-17-31-22-12-14-23(15-13-22)32(29,30)18-24(26(28)19-27)21-10-8-20(9-11-21)7-6-16-25(2)3/h8-15,19,24,28H,6-7,16-18H2,1-3H3. The van der Waals surface area contributed by atoms with Gasteiger partial charge in [0.25, 0.3) is 0 Å². The van der Waals surface area contributed by atoms with Crippen molar-refractivity contribution < 1.29 is 23.2 Å². The Kier molecular flexibility index (Phi) is 9.72. The van der Waals surface area contributed by atoms with Gasteiger partial charge in [-0.1, -0.05) is 30.2 Å². The van der Waals surface area contributed by atoms with Crippen LogP contribution in [0.5, 0.6) is 5.75 Å². The first kappa shape index (κ1) is 25.4. The lowest BCUT2D eigenvalue weighted by Crippen LogP contribution is -2.30. The normalized spacial score (nSPS) is 12.0. The van der Waals surface area contributed by atoms with Crippen molar-refractivity contribution >= 4 is 16.2 Å². The molecule has 2 rings (SSSR count). The molecule has 0 aliphatic rings. The number of hydrogen-bond acceptors (Lipinski definition) is 6. The fourth-order valence-electron chi connectivity index (χ4n) is 3.14. The number of ether oxygens (including phenoxy) is 1. The summed E-state index contributed by atoms with van der Waals surface area (Å²) in [6, 6.07) is 12.3. The van der Waals surface area contributed by atoms with Gasteiger partial charge in [0.15, 0.2) is 9.84 Å². The minimum absolute atomic E-state index is 0.0797. The fraction of sp³-hybridized carbons (Fsp3) is 0.375. The summed E-state index contributed by atoms with van der Waals surface area (Å²) < 4.78 is 31.3. The molecule has 1 unspecified atom stereocenters. The van der Waals surface area contributed by atoms with Crippen LogP contribution in [-0.2, 0) is 21.1 Å². The summed E-state index contributed by atoms with van der Waals surface area (Å²) in [4.78, 5) is 13.4. The predicted molar refractivity (Wildman–Crippen MR) is 123 cm³/mol. The Labute approximate surface area is 190 Å². The van der Waals surface area contributed by atoms with Gasteiger partial charge in [-0.3, -0.25) is 10.0 Å². The Morgan fingerprint density at radius 1 is 1.09 bits per heavy atom. The zero-order valence-corrected chi connectivity index (χ0v) is 19.5. The van der Waals surface area contributed by atoms with Gasteiger partial charge in [0.05, 0.1) is 16.7 Å².